The summed E-state index contributed by atoms with van der Waals surface area (Å²) in [7, 11) is 0. The van der Waals surface area contributed by atoms with Crippen molar-refractivity contribution in [2.24, 2.45) is 0 Å². The predicted octanol–water partition coefficient (Wildman–Crippen LogP) is 1.75. The van der Waals surface area contributed by atoms with E-state index in [2.05, 4.69) is 0 Å². The van der Waals surface area contributed by atoms with Crippen LogP contribution in [0, 0.1) is 0 Å². The molecule has 0 aromatic rings. The Balaban J connectivity index is 2.59. The van der Waals surface area contributed by atoms with E-state index in [1.807, 2.05) is 0 Å². The molecule has 1 unspecified atom stereocenters. The lowest BCUT2D eigenvalue weighted by Gasteiger charge is -1.95. The lowest BCUT2D eigenvalue weighted by Crippen LogP contribution is -2.06. The Morgan fingerprint density at radius 3 is 1.71 bits per heavy atom. The molecule has 3 heteroatoms. The highest BCUT2D eigenvalue weighted by atomic mass is 35.5. The molecule has 1 saturated carbocycles. The molecule has 41 valence electrons. The van der Waals surface area contributed by atoms with Crippen LogP contribution in [0.5, 0.6) is 0 Å². The van der Waals surface area contributed by atoms with Crippen molar-refractivity contribution in [1.29, 1.82) is 0 Å². The van der Waals surface area contributed by atoms with E-state index in [-0.39, 0.29) is 0 Å². The van der Waals surface area contributed by atoms with Crippen molar-refractivity contribution >= 4 is 23.2 Å². The van der Waals surface area contributed by atoms with Crippen LogP contribution in [0.2, 0.25) is 0 Å². The van der Waals surface area contributed by atoms with Crippen molar-refractivity contribution < 1.29 is 5.11 Å². The molecular weight excluding hydrogens is 135 g/mol. The van der Waals surface area contributed by atoms with Gasteiger partial charge in [-0.05, 0) is 6.92 Å². The molecule has 1 rings (SSSR count). The second kappa shape index (κ2) is 1.09. The molecular formula is C4H5Cl2O. The summed E-state index contributed by atoms with van der Waals surface area (Å²) in [6.07, 6.45) is 0.378. The molecule has 1 atom stereocenters. The second-order valence-electron chi connectivity index (χ2n) is 2.11. The van der Waals surface area contributed by atoms with Gasteiger partial charge in [0.05, 0.1) is 0 Å². The molecule has 0 aromatic heterocycles. The molecule has 0 N–H and O–H groups in total. The van der Waals surface area contributed by atoms with Crippen LogP contribution >= 0.6 is 23.2 Å². The van der Waals surface area contributed by atoms with Gasteiger partial charge < -0.3 is 0 Å². The highest BCUT2D eigenvalue weighted by Crippen LogP contribution is 2.56. The Hall–Kier alpha value is 0.540. The lowest BCUT2D eigenvalue weighted by molar-refractivity contribution is 0.0795. The summed E-state index contributed by atoms with van der Waals surface area (Å²) in [6, 6.07) is 0. The maximum absolute atomic E-state index is 10.6. The summed E-state index contributed by atoms with van der Waals surface area (Å²) in [5.74, 6) is 0. The van der Waals surface area contributed by atoms with Gasteiger partial charge in [-0.3, -0.25) is 0 Å². The summed E-state index contributed by atoms with van der Waals surface area (Å²) in [4.78, 5) is 0. The molecule has 0 saturated heterocycles. The van der Waals surface area contributed by atoms with Crippen molar-refractivity contribution in [3.05, 3.63) is 0 Å². The van der Waals surface area contributed by atoms with Crippen LogP contribution < -0.4 is 0 Å². The van der Waals surface area contributed by atoms with E-state index >= 15 is 0 Å². The lowest BCUT2D eigenvalue weighted by atomic mass is 10.4. The van der Waals surface area contributed by atoms with E-state index in [9.17, 15) is 5.11 Å². The maximum atomic E-state index is 10.6. The molecule has 0 aromatic carbocycles. The van der Waals surface area contributed by atoms with Crippen molar-refractivity contribution in [1.82, 2.24) is 0 Å². The molecule has 0 bridgehead atoms. The Labute approximate surface area is 52.2 Å². The quantitative estimate of drug-likeness (QED) is 0.457. The molecule has 1 aliphatic carbocycles. The molecule has 7 heavy (non-hydrogen) atoms. The number of alkyl halides is 2. The smallest absolute Gasteiger partial charge is 0.153 e. The molecule has 1 aliphatic rings. The minimum atomic E-state index is -1.07. The molecule has 0 amide bonds. The summed E-state index contributed by atoms with van der Waals surface area (Å²) >= 11 is 10.8. The van der Waals surface area contributed by atoms with Gasteiger partial charge in [0.2, 0.25) is 0 Å². The fraction of sp³-hybridized carbons (Fsp3) is 1.00. The average Bonchev–Trinajstić information content (AvgIpc) is 1.63. The fourth-order valence-corrected chi connectivity index (χ4v) is 0.889. The molecule has 1 fully saturated rings. The zero-order valence-corrected chi connectivity index (χ0v) is 5.38. The van der Waals surface area contributed by atoms with Gasteiger partial charge in [-0.25, -0.2) is 5.11 Å². The number of hydrogen-bond acceptors (Lipinski definition) is 0. The third-order valence-electron chi connectivity index (χ3n) is 1.21. The first-order valence-corrected chi connectivity index (χ1v) is 2.80. The summed E-state index contributed by atoms with van der Waals surface area (Å²) in [5, 5.41) is 10.6. The van der Waals surface area contributed by atoms with Crippen LogP contribution in [0.4, 0.5) is 0 Å². The minimum Gasteiger partial charge on any atom is -0.226 e. The first kappa shape index (κ1) is 5.67. The fourth-order valence-electron chi connectivity index (χ4n) is 0.379. The summed E-state index contributed by atoms with van der Waals surface area (Å²) < 4.78 is -0.965. The average molecular weight is 140 g/mol. The van der Waals surface area contributed by atoms with Crippen molar-refractivity contribution in [3.63, 3.8) is 0 Å². The molecule has 0 heterocycles. The summed E-state index contributed by atoms with van der Waals surface area (Å²) in [6.45, 7) is 1.51. The Morgan fingerprint density at radius 2 is 1.71 bits per heavy atom. The standard InChI is InChI=1S/C4H5Cl2O/c1-3(7)2-4(3,5)6/h2H2,1H3. The van der Waals surface area contributed by atoms with Crippen LogP contribution in [-0.4, -0.2) is 9.93 Å². The third kappa shape index (κ3) is 0.735. The van der Waals surface area contributed by atoms with Crippen molar-refractivity contribution in [2.45, 2.75) is 23.3 Å². The molecule has 1 radical (unpaired) electrons. The largest absolute Gasteiger partial charge is 0.226 e. The van der Waals surface area contributed by atoms with Crippen LogP contribution in [0.25, 0.3) is 0 Å². The van der Waals surface area contributed by atoms with Crippen molar-refractivity contribution in [3.8, 4) is 0 Å². The maximum Gasteiger partial charge on any atom is 0.153 e. The zero-order chi connectivity index (χ0) is 5.71. The van der Waals surface area contributed by atoms with Gasteiger partial charge in [0.15, 0.2) is 4.33 Å². The second-order valence-corrected chi connectivity index (χ2v) is 3.60. The van der Waals surface area contributed by atoms with Gasteiger partial charge >= 0.3 is 0 Å². The topological polar surface area (TPSA) is 19.9 Å². The van der Waals surface area contributed by atoms with Crippen LogP contribution in [-0.2, 0) is 5.11 Å². The van der Waals surface area contributed by atoms with Crippen LogP contribution in [0.15, 0.2) is 0 Å². The van der Waals surface area contributed by atoms with Gasteiger partial charge in [0, 0.05) is 6.42 Å². The molecule has 1 nitrogen and oxygen atoms in total. The monoisotopic (exact) mass is 139 g/mol. The Morgan fingerprint density at radius 1 is 1.57 bits per heavy atom. The predicted molar refractivity (Wildman–Crippen MR) is 28.1 cm³/mol. The van der Waals surface area contributed by atoms with Gasteiger partial charge in [-0.15, -0.1) is 0 Å². The summed E-state index contributed by atoms with van der Waals surface area (Å²) in [5.41, 5.74) is -1.07. The third-order valence-corrected chi connectivity index (χ3v) is 2.27. The first-order chi connectivity index (χ1) is 2.96. The van der Waals surface area contributed by atoms with E-state index in [0.717, 1.165) is 0 Å². The molecule has 0 aliphatic heterocycles. The van der Waals surface area contributed by atoms with E-state index in [0.29, 0.717) is 6.42 Å². The van der Waals surface area contributed by atoms with E-state index in [1.165, 1.54) is 6.92 Å². The highest BCUT2D eigenvalue weighted by Gasteiger charge is 2.64. The first-order valence-electron chi connectivity index (χ1n) is 2.04. The SMILES string of the molecule is CC1([O])CC1(Cl)Cl. The molecule has 0 spiro atoms. The van der Waals surface area contributed by atoms with Crippen LogP contribution in [0.1, 0.15) is 13.3 Å². The number of hydrogen-bond donors (Lipinski definition) is 0. The van der Waals surface area contributed by atoms with E-state index in [4.69, 9.17) is 23.2 Å². The van der Waals surface area contributed by atoms with E-state index < -0.39 is 9.93 Å². The number of rotatable bonds is 0. The zero-order valence-electron chi connectivity index (χ0n) is 3.87. The number of halogens is 2. The minimum absolute atomic E-state index is 0.378. The Kier molecular flexibility index (Phi) is 0.887. The van der Waals surface area contributed by atoms with Gasteiger partial charge in [0.1, 0.15) is 5.60 Å². The van der Waals surface area contributed by atoms with Gasteiger partial charge in [0.25, 0.3) is 0 Å². The highest BCUT2D eigenvalue weighted by molar-refractivity contribution is 6.51. The Bertz CT molecular complexity index is 85.9. The van der Waals surface area contributed by atoms with Gasteiger partial charge in [-0.2, -0.15) is 0 Å². The van der Waals surface area contributed by atoms with Gasteiger partial charge in [-0.1, -0.05) is 23.2 Å². The van der Waals surface area contributed by atoms with Crippen molar-refractivity contribution in [2.75, 3.05) is 0 Å². The van der Waals surface area contributed by atoms with E-state index in [1.54, 1.807) is 0 Å². The normalized spacial score (nSPS) is 46.3. The van der Waals surface area contributed by atoms with Crippen LogP contribution in [0.3, 0.4) is 0 Å².